The summed E-state index contributed by atoms with van der Waals surface area (Å²) in [7, 11) is 0. The fourth-order valence-electron chi connectivity index (χ4n) is 19.8. The number of nitriles is 5. The molecule has 5 aliphatic rings. The average Bonchev–Trinajstić information content (AvgIpc) is 1.57. The van der Waals surface area contributed by atoms with Gasteiger partial charge in [0, 0.05) is 66.8 Å². The number of fused-ring (bicyclic) bond motifs is 36. The summed E-state index contributed by atoms with van der Waals surface area (Å²) in [6.45, 7) is 40.4. The third-order valence-corrected chi connectivity index (χ3v) is 25.6. The number of rotatable bonds is 2. The predicted octanol–water partition coefficient (Wildman–Crippen LogP) is 21.9. The zero-order valence-electron chi connectivity index (χ0n) is 69.9. The third kappa shape index (κ3) is 11.8. The van der Waals surface area contributed by atoms with Gasteiger partial charge in [-0.2, -0.15) is 26.3 Å². The molecule has 24 heteroatoms. The Labute approximate surface area is 754 Å². The minimum atomic E-state index is 0.451. The summed E-state index contributed by atoms with van der Waals surface area (Å²) < 4.78 is 39.3. The van der Waals surface area contributed by atoms with E-state index < -0.39 is 0 Å². The zero-order valence-corrected chi connectivity index (χ0v) is 69.9. The minimum Gasteiger partial charge on any atom is -0.456 e. The minimum absolute atomic E-state index is 0.451. The summed E-state index contributed by atoms with van der Waals surface area (Å²) in [6.07, 6.45) is 11.7. The lowest BCUT2D eigenvalue weighted by Crippen LogP contribution is -2.36. The van der Waals surface area contributed by atoms with Crippen LogP contribution in [0, 0.1) is 89.5 Å². The van der Waals surface area contributed by atoms with Gasteiger partial charge in [0.05, 0.1) is 129 Å². The molecule has 23 aromatic rings. The second kappa shape index (κ2) is 29.8. The number of nitrogens with zero attached hydrogens (tertiary/aromatic N) is 21. The number of para-hydroxylation sites is 3. The second-order valence-electron chi connectivity index (χ2n) is 32.9. The highest BCUT2D eigenvalue weighted by atomic mass is 16.3. The van der Waals surface area contributed by atoms with E-state index in [9.17, 15) is 26.3 Å². The number of pyridine rings is 1. The molecule has 14 aromatic carbocycles. The van der Waals surface area contributed by atoms with Crippen LogP contribution in [0.2, 0.25) is 0 Å². The number of hydrogen-bond acceptors (Lipinski definition) is 9. The highest BCUT2D eigenvalue weighted by Crippen LogP contribution is 2.45. The Morgan fingerprint density at radius 3 is 1.16 bits per heavy atom. The van der Waals surface area contributed by atoms with E-state index in [0.717, 1.165) is 185 Å². The molecule has 0 unspecified atom stereocenters. The molecule has 0 fully saturated rings. The lowest BCUT2D eigenvalue weighted by molar-refractivity contribution is -0.749. The molecule has 0 amide bonds. The summed E-state index contributed by atoms with van der Waals surface area (Å²) in [5.74, 6) is 0. The van der Waals surface area contributed by atoms with E-state index in [4.69, 9.17) is 46.1 Å². The van der Waals surface area contributed by atoms with Crippen LogP contribution in [-0.4, -0.2) is 28.4 Å². The summed E-state index contributed by atoms with van der Waals surface area (Å²) in [5, 5.41) is 58.1. The molecular formula is C109H58N21O3+5. The van der Waals surface area contributed by atoms with Crippen LogP contribution in [0.25, 0.3) is 195 Å². The topological polar surface area (TPSA) is 237 Å². The van der Waals surface area contributed by atoms with Gasteiger partial charge in [-0.05, 0) is 144 Å². The predicted molar refractivity (Wildman–Crippen MR) is 498 cm³/mol. The Bertz CT molecular complexity index is 9440. The van der Waals surface area contributed by atoms with Crippen LogP contribution >= 0.6 is 0 Å². The molecule has 28 rings (SSSR count). The molecule has 0 atom stereocenters. The maximum absolute atomic E-state index is 9.52. The van der Waals surface area contributed by atoms with E-state index in [1.54, 1.807) is 36.5 Å². The van der Waals surface area contributed by atoms with Gasteiger partial charge in [-0.15, -0.1) is 46.8 Å². The fourth-order valence-corrected chi connectivity index (χ4v) is 19.8. The van der Waals surface area contributed by atoms with Crippen molar-refractivity contribution in [3.05, 3.63) is 405 Å². The van der Waals surface area contributed by atoms with Crippen LogP contribution in [0.15, 0.2) is 305 Å². The van der Waals surface area contributed by atoms with E-state index in [1.807, 2.05) is 151 Å². The lowest BCUT2D eigenvalue weighted by atomic mass is 10.00. The second-order valence-corrected chi connectivity index (χ2v) is 32.9. The number of benzene rings is 14. The molecule has 0 bridgehead atoms. The highest BCUT2D eigenvalue weighted by Gasteiger charge is 2.39. The number of hydrogen-bond donors (Lipinski definition) is 0. The van der Waals surface area contributed by atoms with E-state index in [-0.39, 0.29) is 0 Å². The Morgan fingerprint density at radius 1 is 0.278 bits per heavy atom. The molecule has 0 radical (unpaired) electrons. The molecule has 133 heavy (non-hydrogen) atoms. The average molecular weight is 1710 g/mol. The van der Waals surface area contributed by atoms with Crippen molar-refractivity contribution >= 4 is 149 Å². The van der Waals surface area contributed by atoms with Gasteiger partial charge in [-0.3, -0.25) is 0 Å². The van der Waals surface area contributed by atoms with Crippen LogP contribution in [-0.2, 0) is 32.7 Å². The normalized spacial score (nSPS) is 12.0. The molecule has 14 heterocycles. The summed E-state index contributed by atoms with van der Waals surface area (Å²) in [5.41, 5.74) is 30.0. The van der Waals surface area contributed by atoms with E-state index >= 15 is 0 Å². The van der Waals surface area contributed by atoms with E-state index in [0.29, 0.717) is 75.1 Å². The van der Waals surface area contributed by atoms with Crippen molar-refractivity contribution in [3.63, 3.8) is 0 Å². The molecule has 612 valence electrons. The van der Waals surface area contributed by atoms with Gasteiger partial charge in [-0.25, -0.2) is 29.2 Å². The van der Waals surface area contributed by atoms with E-state index in [1.165, 1.54) is 27.8 Å². The molecule has 9 aromatic heterocycles. The summed E-state index contributed by atoms with van der Waals surface area (Å²) in [6, 6.07) is 94.7. The molecule has 0 aliphatic carbocycles. The van der Waals surface area contributed by atoms with Gasteiger partial charge in [0.25, 0.3) is 0 Å². The van der Waals surface area contributed by atoms with Gasteiger partial charge >= 0.3 is 0 Å². The first-order chi connectivity index (χ1) is 65.4. The van der Waals surface area contributed by atoms with Gasteiger partial charge in [0.2, 0.25) is 36.7 Å². The maximum Gasteiger partial charge on any atom is 0.227 e. The van der Waals surface area contributed by atoms with Crippen molar-refractivity contribution in [2.75, 3.05) is 0 Å². The zero-order chi connectivity index (χ0) is 89.7. The number of furan rings is 3. The molecule has 0 saturated carbocycles. The Hall–Kier alpha value is -20.1. The van der Waals surface area contributed by atoms with Crippen LogP contribution in [0.4, 0.5) is 28.4 Å². The first-order valence-electron chi connectivity index (χ1n) is 42.3. The Kier molecular flexibility index (Phi) is 17.1. The van der Waals surface area contributed by atoms with Crippen LogP contribution in [0.5, 0.6) is 0 Å². The van der Waals surface area contributed by atoms with Crippen LogP contribution in [0.3, 0.4) is 0 Å². The third-order valence-electron chi connectivity index (χ3n) is 25.6. The van der Waals surface area contributed by atoms with Gasteiger partial charge in [0.15, 0.2) is 83.7 Å². The molecule has 0 spiro atoms. The fraction of sp³-hybridized carbons (Fsp3) is 0.0459. The first-order valence-corrected chi connectivity index (χ1v) is 42.3. The Balaban J connectivity index is 0.0000000915. The molecule has 0 saturated heterocycles. The lowest BCUT2D eigenvalue weighted by Gasteiger charge is -2.08. The van der Waals surface area contributed by atoms with Crippen molar-refractivity contribution in [2.45, 2.75) is 32.7 Å². The largest absolute Gasteiger partial charge is 0.456 e. The van der Waals surface area contributed by atoms with Gasteiger partial charge < -0.3 is 13.3 Å². The van der Waals surface area contributed by atoms with Gasteiger partial charge in [0.1, 0.15) is 61.4 Å². The van der Waals surface area contributed by atoms with Crippen molar-refractivity contribution in [3.8, 4) is 81.0 Å². The van der Waals surface area contributed by atoms with Gasteiger partial charge in [-0.1, -0.05) is 121 Å². The monoisotopic (exact) mass is 1710 g/mol. The van der Waals surface area contributed by atoms with Crippen LogP contribution in [0.1, 0.15) is 55.6 Å². The molecular weight excluding hydrogens is 1650 g/mol. The molecule has 5 aliphatic heterocycles. The number of aromatic nitrogens is 11. The summed E-state index contributed by atoms with van der Waals surface area (Å²) >= 11 is 0. The first kappa shape index (κ1) is 76.5. The van der Waals surface area contributed by atoms with Crippen molar-refractivity contribution in [2.24, 2.45) is 0 Å². The van der Waals surface area contributed by atoms with Crippen molar-refractivity contribution < 1.29 is 36.7 Å². The Morgan fingerprint density at radius 2 is 0.669 bits per heavy atom. The SMILES string of the molecule is [C-]#[N+]c1cc(C#N)c2c[n+]3n(c2c1)-c1c(ccc2c1oc1ccccc12)C3.[C-]#[N+]c1cc(C#N)c2c[n+]3n(c2c1)-c1c(ccc2c1oc1ncccc12)C3.[C-]#[N+]c1cc(C#N)c2c[n+]3n(c2c1)-c1c(cccc1-c1ccccc1)C3.[C-]#[N+]c1cc(C#N)c2c[n+]3n(c2c1)-c1cc2oc4ccccc4c2cc1C3.[C-]#[N+]c1cc(C#N)c2c[n+]3n(c2c1)-c1ccc(-c2ccccc2)cc1C3. The van der Waals surface area contributed by atoms with Crippen molar-refractivity contribution in [1.29, 1.82) is 26.3 Å². The maximum atomic E-state index is 9.52. The summed E-state index contributed by atoms with van der Waals surface area (Å²) in [4.78, 5) is 22.0. The molecule has 0 N–H and O–H groups in total. The highest BCUT2D eigenvalue weighted by molar-refractivity contribution is 6.10. The quantitative estimate of drug-likeness (QED) is 0.118. The van der Waals surface area contributed by atoms with E-state index in [2.05, 4.69) is 211 Å². The standard InChI is InChI=1S/2C22H11N4O.2C22H13N4.C21H10N5O/c1-24-15-6-13(10-23)18-12-25-11-14-7-17-16-4-2-3-5-21(16)27-22(17)9-19(14)26(25)20(18)8-15;1-24-15-8-14(10-23)18-12-25-11-13-6-7-17-16-4-2-3-5-20(16)27-22(17)21(13)26(25)19(18)9-15;1-24-18-10-17(12-23)20-14-25-13-16-8-5-9-19(15-6-3-2-4-7-15)22(16)26(25)21(20)11-18;1-24-19-10-17(12-23)20-14-25-13-18-9-16(15-5-3-2-4-6-15)7-8-21(18)26(25)22(20)11-19;1-23-14-7-13(9-22)17-11-25-10-12-4-5-15-16-3-2-6-24-21(16)27-20(15)19(12)26(25)18(17)8-14/h2*2-9,12H,11H2;2*2-11,14H,13H2;2-8,11H,10H2/q5*+1. The van der Waals surface area contributed by atoms with Crippen LogP contribution < -0.4 is 23.4 Å². The molecule has 24 nitrogen and oxygen atoms in total. The smallest absolute Gasteiger partial charge is 0.227 e. The van der Waals surface area contributed by atoms with Crippen molar-refractivity contribution in [1.82, 2.24) is 28.4 Å².